The van der Waals surface area contributed by atoms with Crippen LogP contribution in [0.3, 0.4) is 0 Å². The maximum atomic E-state index is 13.9. The van der Waals surface area contributed by atoms with Crippen molar-refractivity contribution in [1.29, 1.82) is 0 Å². The van der Waals surface area contributed by atoms with Crippen LogP contribution in [0.25, 0.3) is 16.7 Å². The van der Waals surface area contributed by atoms with Gasteiger partial charge in [-0.15, -0.1) is 5.10 Å². The van der Waals surface area contributed by atoms with Crippen molar-refractivity contribution in [3.63, 3.8) is 0 Å². The number of nitrogens with zero attached hydrogens (tertiary/aromatic N) is 4. The van der Waals surface area contributed by atoms with Crippen LogP contribution in [0.15, 0.2) is 46.0 Å². The van der Waals surface area contributed by atoms with Gasteiger partial charge in [-0.1, -0.05) is 6.92 Å². The lowest BCUT2D eigenvalue weighted by molar-refractivity contribution is -0.117. The first-order chi connectivity index (χ1) is 17.1. The molecular formula is C24H24F2N6O4. The van der Waals surface area contributed by atoms with Crippen LogP contribution < -0.4 is 21.9 Å². The summed E-state index contributed by atoms with van der Waals surface area (Å²) in [4.78, 5) is 51.6. The van der Waals surface area contributed by atoms with Gasteiger partial charge in [0.1, 0.15) is 18.2 Å². The van der Waals surface area contributed by atoms with Crippen molar-refractivity contribution in [3.05, 3.63) is 74.4 Å². The zero-order chi connectivity index (χ0) is 26.1. The lowest BCUT2D eigenvalue weighted by atomic mass is 10.1. The number of carbonyl (C=O) groups is 2. The monoisotopic (exact) mass is 498 g/mol. The third-order valence-corrected chi connectivity index (χ3v) is 5.40. The SMILES string of the molecule is CCCn1c(=O)c2ccc(C(=O)NC(C)C)cc2n2c(=O)n(CC(=O)Nc3cc(F)ccc3F)nc12. The fraction of sp³-hybridized carbons (Fsp3) is 0.292. The number of carbonyl (C=O) groups excluding carboxylic acids is 2. The van der Waals surface area contributed by atoms with E-state index in [2.05, 4.69) is 15.7 Å². The molecule has 2 heterocycles. The second kappa shape index (κ2) is 9.72. The molecule has 0 radical (unpaired) electrons. The Kier molecular flexibility index (Phi) is 6.69. The molecular weight excluding hydrogens is 474 g/mol. The van der Waals surface area contributed by atoms with Crippen LogP contribution >= 0.6 is 0 Å². The molecule has 0 fully saturated rings. The van der Waals surface area contributed by atoms with E-state index in [9.17, 15) is 28.0 Å². The molecule has 2 aromatic carbocycles. The number of hydrogen-bond acceptors (Lipinski definition) is 5. The predicted molar refractivity (Wildman–Crippen MR) is 129 cm³/mol. The number of fused-ring (bicyclic) bond motifs is 3. The Labute approximate surface area is 203 Å². The van der Waals surface area contributed by atoms with E-state index in [4.69, 9.17) is 0 Å². The molecule has 2 aromatic heterocycles. The molecule has 0 aliphatic heterocycles. The molecule has 2 amide bonds. The minimum absolute atomic E-state index is 0.00879. The molecule has 0 aliphatic carbocycles. The molecule has 188 valence electrons. The van der Waals surface area contributed by atoms with E-state index in [1.165, 1.54) is 22.8 Å². The summed E-state index contributed by atoms with van der Waals surface area (Å²) in [5, 5.41) is 9.36. The van der Waals surface area contributed by atoms with Crippen LogP contribution in [0, 0.1) is 11.6 Å². The molecule has 0 bridgehead atoms. The van der Waals surface area contributed by atoms with Gasteiger partial charge in [-0.3, -0.25) is 19.0 Å². The van der Waals surface area contributed by atoms with Gasteiger partial charge in [0.15, 0.2) is 0 Å². The molecule has 12 heteroatoms. The second-order valence-corrected chi connectivity index (χ2v) is 8.56. The normalized spacial score (nSPS) is 11.4. The predicted octanol–water partition coefficient (Wildman–Crippen LogP) is 2.28. The van der Waals surface area contributed by atoms with E-state index < -0.39 is 35.3 Å². The molecule has 10 nitrogen and oxygen atoms in total. The van der Waals surface area contributed by atoms with Crippen LogP contribution in [-0.4, -0.2) is 36.6 Å². The van der Waals surface area contributed by atoms with Crippen molar-refractivity contribution in [1.82, 2.24) is 24.1 Å². The van der Waals surface area contributed by atoms with Crippen LogP contribution in [0.4, 0.5) is 14.5 Å². The zero-order valence-electron chi connectivity index (χ0n) is 19.8. The summed E-state index contributed by atoms with van der Waals surface area (Å²) in [6.07, 6.45) is 0.566. The van der Waals surface area contributed by atoms with E-state index >= 15 is 0 Å². The number of rotatable bonds is 7. The topological polar surface area (TPSA) is 120 Å². The summed E-state index contributed by atoms with van der Waals surface area (Å²) >= 11 is 0. The van der Waals surface area contributed by atoms with E-state index in [1.54, 1.807) is 13.8 Å². The van der Waals surface area contributed by atoms with Gasteiger partial charge in [0.05, 0.1) is 16.6 Å². The number of benzene rings is 2. The summed E-state index contributed by atoms with van der Waals surface area (Å²) in [5.41, 5.74) is -1.13. The summed E-state index contributed by atoms with van der Waals surface area (Å²) in [6.45, 7) is 5.09. The Balaban J connectivity index is 1.83. The number of aryl methyl sites for hydroxylation is 1. The van der Waals surface area contributed by atoms with Gasteiger partial charge < -0.3 is 10.6 Å². The highest BCUT2D eigenvalue weighted by atomic mass is 19.1. The number of halogens is 2. The van der Waals surface area contributed by atoms with Crippen LogP contribution in [0.2, 0.25) is 0 Å². The fourth-order valence-electron chi connectivity index (χ4n) is 3.85. The number of nitrogens with one attached hydrogen (secondary N) is 2. The van der Waals surface area contributed by atoms with E-state index in [0.29, 0.717) is 6.42 Å². The van der Waals surface area contributed by atoms with Crippen molar-refractivity contribution >= 4 is 34.2 Å². The van der Waals surface area contributed by atoms with Gasteiger partial charge in [0, 0.05) is 24.2 Å². The molecule has 0 atom stereocenters. The highest BCUT2D eigenvalue weighted by Gasteiger charge is 2.20. The van der Waals surface area contributed by atoms with Crippen molar-refractivity contribution in [2.75, 3.05) is 5.32 Å². The quantitative estimate of drug-likeness (QED) is 0.405. The Morgan fingerprint density at radius 3 is 2.53 bits per heavy atom. The van der Waals surface area contributed by atoms with E-state index in [0.717, 1.165) is 27.3 Å². The standard InChI is InChI=1S/C24H24F2N6O4/c1-4-9-30-22(35)16-7-5-14(21(34)27-13(2)3)10-19(16)32-23(30)29-31(24(32)36)12-20(33)28-18-11-15(25)6-8-17(18)26/h5-8,10-11,13H,4,9,12H2,1-3H3,(H,27,34)(H,28,33). The molecule has 0 saturated carbocycles. The van der Waals surface area contributed by atoms with Gasteiger partial charge >= 0.3 is 5.69 Å². The highest BCUT2D eigenvalue weighted by Crippen LogP contribution is 2.16. The third kappa shape index (κ3) is 4.61. The lowest BCUT2D eigenvalue weighted by Gasteiger charge is -2.11. The van der Waals surface area contributed by atoms with Crippen molar-refractivity contribution in [2.24, 2.45) is 0 Å². The van der Waals surface area contributed by atoms with Crippen LogP contribution in [0.5, 0.6) is 0 Å². The molecule has 2 N–H and O–H groups in total. The fourth-order valence-corrected chi connectivity index (χ4v) is 3.85. The number of amides is 2. The first-order valence-corrected chi connectivity index (χ1v) is 11.3. The number of anilines is 1. The largest absolute Gasteiger partial charge is 0.352 e. The number of aromatic nitrogens is 4. The van der Waals surface area contributed by atoms with E-state index in [-0.39, 0.29) is 46.4 Å². The molecule has 0 unspecified atom stereocenters. The van der Waals surface area contributed by atoms with Crippen LogP contribution in [-0.2, 0) is 17.9 Å². The molecule has 0 aliphatic rings. The average Bonchev–Trinajstić information content (AvgIpc) is 3.14. The maximum absolute atomic E-state index is 13.9. The third-order valence-electron chi connectivity index (χ3n) is 5.40. The van der Waals surface area contributed by atoms with Gasteiger partial charge in [-0.05, 0) is 50.6 Å². The Morgan fingerprint density at radius 1 is 1.08 bits per heavy atom. The maximum Gasteiger partial charge on any atom is 0.352 e. The Morgan fingerprint density at radius 2 is 1.83 bits per heavy atom. The second-order valence-electron chi connectivity index (χ2n) is 8.56. The van der Waals surface area contributed by atoms with Crippen molar-refractivity contribution in [3.8, 4) is 0 Å². The summed E-state index contributed by atoms with van der Waals surface area (Å²) < 4.78 is 30.7. The Hall–Kier alpha value is -4.35. The molecule has 0 spiro atoms. The minimum Gasteiger partial charge on any atom is -0.350 e. The van der Waals surface area contributed by atoms with Crippen molar-refractivity contribution < 1.29 is 18.4 Å². The van der Waals surface area contributed by atoms with Crippen molar-refractivity contribution in [2.45, 2.75) is 46.3 Å². The smallest absolute Gasteiger partial charge is 0.350 e. The summed E-state index contributed by atoms with van der Waals surface area (Å²) in [5.74, 6) is -2.80. The molecule has 4 rings (SSSR count). The average molecular weight is 498 g/mol. The first kappa shape index (κ1) is 24.8. The molecule has 36 heavy (non-hydrogen) atoms. The molecule has 0 saturated heterocycles. The molecule has 4 aromatic rings. The minimum atomic E-state index is -0.845. The first-order valence-electron chi connectivity index (χ1n) is 11.3. The van der Waals surface area contributed by atoms with Gasteiger partial charge in [-0.25, -0.2) is 22.7 Å². The Bertz CT molecular complexity index is 1620. The van der Waals surface area contributed by atoms with E-state index in [1.807, 2.05) is 6.92 Å². The van der Waals surface area contributed by atoms with Gasteiger partial charge in [0.25, 0.3) is 11.5 Å². The zero-order valence-corrected chi connectivity index (χ0v) is 19.8. The summed E-state index contributed by atoms with van der Waals surface area (Å²) in [6, 6.07) is 6.86. The highest BCUT2D eigenvalue weighted by molar-refractivity contribution is 5.98. The lowest BCUT2D eigenvalue weighted by Crippen LogP contribution is -2.31. The van der Waals surface area contributed by atoms with Gasteiger partial charge in [0.2, 0.25) is 11.7 Å². The van der Waals surface area contributed by atoms with Crippen LogP contribution in [0.1, 0.15) is 37.6 Å². The van der Waals surface area contributed by atoms with Gasteiger partial charge in [-0.2, -0.15) is 0 Å². The number of hydrogen-bond donors (Lipinski definition) is 2. The summed E-state index contributed by atoms with van der Waals surface area (Å²) in [7, 11) is 0.